The van der Waals surface area contributed by atoms with Crippen LogP contribution in [0.4, 0.5) is 0 Å². The number of carbonyl (C=O) groups is 1. The van der Waals surface area contributed by atoms with Crippen molar-refractivity contribution in [1.29, 1.82) is 0 Å². The lowest BCUT2D eigenvalue weighted by Gasteiger charge is -2.06. The summed E-state index contributed by atoms with van der Waals surface area (Å²) in [5, 5.41) is 7.61. The van der Waals surface area contributed by atoms with Gasteiger partial charge in [-0.1, -0.05) is 17.3 Å². The van der Waals surface area contributed by atoms with Gasteiger partial charge in [-0.15, -0.1) is 5.10 Å². The molecule has 0 fully saturated rings. The number of hydrogen-bond acceptors (Lipinski definition) is 5. The molecule has 0 aliphatic rings. The third kappa shape index (κ3) is 3.31. The van der Waals surface area contributed by atoms with Gasteiger partial charge in [0.15, 0.2) is 6.61 Å². The first-order valence-electron chi connectivity index (χ1n) is 5.40. The molecule has 1 aromatic heterocycles. The quantitative estimate of drug-likeness (QED) is 0.734. The van der Waals surface area contributed by atoms with Crippen molar-refractivity contribution >= 4 is 5.97 Å². The first-order valence-corrected chi connectivity index (χ1v) is 5.40. The molecule has 0 spiro atoms. The van der Waals surface area contributed by atoms with E-state index in [2.05, 4.69) is 15.0 Å². The van der Waals surface area contributed by atoms with Crippen LogP contribution in [0.1, 0.15) is 5.56 Å². The van der Waals surface area contributed by atoms with Gasteiger partial charge in [-0.2, -0.15) is 0 Å². The fourth-order valence-electron chi connectivity index (χ4n) is 1.40. The zero-order valence-corrected chi connectivity index (χ0v) is 9.94. The smallest absolute Gasteiger partial charge is 0.343 e. The predicted octanol–water partition coefficient (Wildman–Crippen LogP) is 0.878. The van der Waals surface area contributed by atoms with E-state index in [0.29, 0.717) is 12.3 Å². The van der Waals surface area contributed by atoms with Crippen LogP contribution in [-0.2, 0) is 16.1 Å². The van der Waals surface area contributed by atoms with Gasteiger partial charge in [-0.25, -0.2) is 9.48 Å². The van der Waals surface area contributed by atoms with Crippen molar-refractivity contribution in [3.63, 3.8) is 0 Å². The summed E-state index contributed by atoms with van der Waals surface area (Å²) >= 11 is 0. The molecule has 0 atom stereocenters. The highest BCUT2D eigenvalue weighted by Crippen LogP contribution is 2.12. The Hall–Kier alpha value is -2.37. The molecular formula is C12H13N3O3. The Morgan fingerprint density at radius 2 is 2.11 bits per heavy atom. The predicted molar refractivity (Wildman–Crippen MR) is 63.1 cm³/mol. The van der Waals surface area contributed by atoms with Crippen molar-refractivity contribution in [2.24, 2.45) is 0 Å². The lowest BCUT2D eigenvalue weighted by atomic mass is 10.2. The largest absolute Gasteiger partial charge is 0.482 e. The SMILES string of the molecule is COC(=O)COc1ccc(Cn2ccnn2)cc1. The van der Waals surface area contributed by atoms with Gasteiger partial charge in [0.2, 0.25) is 0 Å². The van der Waals surface area contributed by atoms with E-state index in [9.17, 15) is 4.79 Å². The van der Waals surface area contributed by atoms with Crippen LogP contribution in [0.15, 0.2) is 36.7 Å². The molecule has 6 heteroatoms. The normalized spacial score (nSPS) is 10.1. The maximum atomic E-state index is 10.9. The van der Waals surface area contributed by atoms with E-state index in [0.717, 1.165) is 5.56 Å². The topological polar surface area (TPSA) is 66.2 Å². The van der Waals surface area contributed by atoms with Crippen LogP contribution >= 0.6 is 0 Å². The molecule has 0 aliphatic carbocycles. The van der Waals surface area contributed by atoms with Gasteiger partial charge in [-0.3, -0.25) is 0 Å². The van der Waals surface area contributed by atoms with E-state index in [4.69, 9.17) is 4.74 Å². The number of hydrogen-bond donors (Lipinski definition) is 0. The molecule has 0 saturated heterocycles. The Morgan fingerprint density at radius 3 is 2.72 bits per heavy atom. The third-order valence-electron chi connectivity index (χ3n) is 2.32. The highest BCUT2D eigenvalue weighted by Gasteiger charge is 2.02. The molecule has 94 valence electrons. The third-order valence-corrected chi connectivity index (χ3v) is 2.32. The highest BCUT2D eigenvalue weighted by atomic mass is 16.6. The summed E-state index contributed by atoms with van der Waals surface area (Å²) in [5.74, 6) is 0.226. The van der Waals surface area contributed by atoms with Crippen molar-refractivity contribution in [3.8, 4) is 5.75 Å². The maximum Gasteiger partial charge on any atom is 0.343 e. The summed E-state index contributed by atoms with van der Waals surface area (Å²) in [4.78, 5) is 10.9. The van der Waals surface area contributed by atoms with Gasteiger partial charge in [0.25, 0.3) is 0 Å². The van der Waals surface area contributed by atoms with Crippen molar-refractivity contribution in [1.82, 2.24) is 15.0 Å². The second-order valence-corrected chi connectivity index (χ2v) is 3.61. The molecular weight excluding hydrogens is 234 g/mol. The molecule has 0 amide bonds. The fourth-order valence-corrected chi connectivity index (χ4v) is 1.40. The Labute approximate surface area is 104 Å². The minimum atomic E-state index is -0.401. The molecule has 6 nitrogen and oxygen atoms in total. The standard InChI is InChI=1S/C12H13N3O3/c1-17-12(16)9-18-11-4-2-10(3-5-11)8-15-7-6-13-14-15/h2-7H,8-9H2,1H3. The Balaban J connectivity index is 1.91. The molecule has 0 radical (unpaired) electrons. The average Bonchev–Trinajstić information content (AvgIpc) is 2.90. The van der Waals surface area contributed by atoms with Gasteiger partial charge in [0.05, 0.1) is 19.9 Å². The summed E-state index contributed by atoms with van der Waals surface area (Å²) in [6, 6.07) is 7.42. The van der Waals surface area contributed by atoms with Crippen LogP contribution in [0.2, 0.25) is 0 Å². The van der Waals surface area contributed by atoms with E-state index in [1.165, 1.54) is 7.11 Å². The second-order valence-electron chi connectivity index (χ2n) is 3.61. The molecule has 0 N–H and O–H groups in total. The number of rotatable bonds is 5. The van der Waals surface area contributed by atoms with Gasteiger partial charge in [0, 0.05) is 6.20 Å². The lowest BCUT2D eigenvalue weighted by Crippen LogP contribution is -2.12. The summed E-state index contributed by atoms with van der Waals surface area (Å²) in [6.45, 7) is 0.566. The van der Waals surface area contributed by atoms with Crippen LogP contribution in [0, 0.1) is 0 Å². The maximum absolute atomic E-state index is 10.9. The summed E-state index contributed by atoms with van der Waals surface area (Å²) in [6.07, 6.45) is 3.43. The molecule has 0 aliphatic heterocycles. The summed E-state index contributed by atoms with van der Waals surface area (Å²) in [5.41, 5.74) is 1.07. The molecule has 1 aromatic carbocycles. The summed E-state index contributed by atoms with van der Waals surface area (Å²) in [7, 11) is 1.33. The van der Waals surface area contributed by atoms with Gasteiger partial charge < -0.3 is 9.47 Å². The monoisotopic (exact) mass is 247 g/mol. The highest BCUT2D eigenvalue weighted by molar-refractivity contribution is 5.70. The average molecular weight is 247 g/mol. The number of benzene rings is 1. The Kier molecular flexibility index (Phi) is 3.90. The number of esters is 1. The molecule has 0 saturated carbocycles. The van der Waals surface area contributed by atoms with Crippen molar-refractivity contribution in [2.45, 2.75) is 6.54 Å². The number of ether oxygens (including phenoxy) is 2. The van der Waals surface area contributed by atoms with Crippen molar-refractivity contribution in [2.75, 3.05) is 13.7 Å². The lowest BCUT2D eigenvalue weighted by molar-refractivity contribution is -0.142. The molecule has 18 heavy (non-hydrogen) atoms. The van der Waals surface area contributed by atoms with Crippen molar-refractivity contribution in [3.05, 3.63) is 42.2 Å². The molecule has 0 bridgehead atoms. The minimum absolute atomic E-state index is 0.0844. The number of methoxy groups -OCH3 is 1. The molecule has 0 unspecified atom stereocenters. The first-order chi connectivity index (χ1) is 8.78. The van der Waals surface area contributed by atoms with E-state index >= 15 is 0 Å². The number of aromatic nitrogens is 3. The molecule has 2 aromatic rings. The zero-order valence-electron chi connectivity index (χ0n) is 9.94. The number of nitrogens with zero attached hydrogens (tertiary/aromatic N) is 3. The molecule has 1 heterocycles. The van der Waals surface area contributed by atoms with E-state index in [1.807, 2.05) is 12.1 Å². The second kappa shape index (κ2) is 5.81. The van der Waals surface area contributed by atoms with Crippen LogP contribution in [0.5, 0.6) is 5.75 Å². The van der Waals surface area contributed by atoms with Crippen molar-refractivity contribution < 1.29 is 14.3 Å². The van der Waals surface area contributed by atoms with E-state index in [-0.39, 0.29) is 6.61 Å². The van der Waals surface area contributed by atoms with Crippen LogP contribution in [0.3, 0.4) is 0 Å². The van der Waals surface area contributed by atoms with E-state index in [1.54, 1.807) is 29.2 Å². The van der Waals surface area contributed by atoms with Gasteiger partial charge >= 0.3 is 5.97 Å². The molecule has 2 rings (SSSR count). The van der Waals surface area contributed by atoms with E-state index < -0.39 is 5.97 Å². The number of carbonyl (C=O) groups excluding carboxylic acids is 1. The minimum Gasteiger partial charge on any atom is -0.482 e. The zero-order chi connectivity index (χ0) is 12.8. The Morgan fingerprint density at radius 1 is 1.33 bits per heavy atom. The summed E-state index contributed by atoms with van der Waals surface area (Å²) < 4.78 is 11.4. The van der Waals surface area contributed by atoms with Crippen LogP contribution < -0.4 is 4.74 Å². The van der Waals surface area contributed by atoms with Gasteiger partial charge in [0.1, 0.15) is 5.75 Å². The first kappa shape index (κ1) is 12.1. The van der Waals surface area contributed by atoms with Gasteiger partial charge in [-0.05, 0) is 17.7 Å². The fraction of sp³-hybridized carbons (Fsp3) is 0.250. The van der Waals surface area contributed by atoms with Crippen LogP contribution in [0.25, 0.3) is 0 Å². The van der Waals surface area contributed by atoms with Crippen LogP contribution in [-0.4, -0.2) is 34.7 Å². The Bertz CT molecular complexity index is 494.